The molecule has 1 heterocycles. The quantitative estimate of drug-likeness (QED) is 0.784. The van der Waals surface area contributed by atoms with Gasteiger partial charge in [-0.15, -0.1) is 0 Å². The predicted molar refractivity (Wildman–Crippen MR) is 78.3 cm³/mol. The summed E-state index contributed by atoms with van der Waals surface area (Å²) < 4.78 is 0. The van der Waals surface area contributed by atoms with Crippen molar-refractivity contribution in [1.29, 1.82) is 0 Å². The van der Waals surface area contributed by atoms with Gasteiger partial charge in [0, 0.05) is 0 Å². The van der Waals surface area contributed by atoms with Crippen molar-refractivity contribution in [2.45, 2.75) is 39.2 Å². The van der Waals surface area contributed by atoms with Crippen LogP contribution in [0.2, 0.25) is 0 Å². The summed E-state index contributed by atoms with van der Waals surface area (Å²) in [5.41, 5.74) is 0.702. The van der Waals surface area contributed by atoms with E-state index in [2.05, 4.69) is 29.1 Å². The van der Waals surface area contributed by atoms with Gasteiger partial charge in [-0.3, -0.25) is 4.79 Å². The lowest BCUT2D eigenvalue weighted by Gasteiger charge is -2.16. The molecule has 0 aliphatic heterocycles. The average molecular weight is 259 g/mol. The second-order valence-corrected chi connectivity index (χ2v) is 4.74. The molecule has 4 heteroatoms. The molecule has 0 saturated heterocycles. The molecule has 0 fully saturated rings. The molecule has 2 N–H and O–H groups in total. The Morgan fingerprint density at radius 3 is 2.84 bits per heavy atom. The minimum absolute atomic E-state index is 0.0589. The van der Waals surface area contributed by atoms with E-state index in [0.717, 1.165) is 37.1 Å². The van der Waals surface area contributed by atoms with Crippen molar-refractivity contribution in [2.75, 3.05) is 6.54 Å². The number of unbranched alkanes of at least 4 members (excludes halogenated alkanes) is 1. The van der Waals surface area contributed by atoms with Crippen LogP contribution in [0.1, 0.15) is 45.0 Å². The third-order valence-corrected chi connectivity index (χ3v) is 3.29. The van der Waals surface area contributed by atoms with Crippen molar-refractivity contribution < 1.29 is 0 Å². The number of nitrogens with one attached hydrogen (secondary N) is 2. The van der Waals surface area contributed by atoms with Gasteiger partial charge >= 0.3 is 0 Å². The first-order chi connectivity index (χ1) is 9.26. The Bertz CT molecular complexity index is 591. The van der Waals surface area contributed by atoms with E-state index < -0.39 is 0 Å². The predicted octanol–water partition coefficient (Wildman–Crippen LogP) is 2.76. The number of nitrogens with zero attached hydrogens (tertiary/aromatic N) is 1. The number of aromatic amines is 1. The van der Waals surface area contributed by atoms with Crippen LogP contribution >= 0.6 is 0 Å². The summed E-state index contributed by atoms with van der Waals surface area (Å²) in [6.07, 6.45) is 3.20. The van der Waals surface area contributed by atoms with E-state index >= 15 is 0 Å². The highest BCUT2D eigenvalue weighted by atomic mass is 16.1. The Kier molecular flexibility index (Phi) is 4.68. The van der Waals surface area contributed by atoms with Crippen molar-refractivity contribution in [2.24, 2.45) is 0 Å². The summed E-state index contributed by atoms with van der Waals surface area (Å²) in [6, 6.07) is 7.56. The average Bonchev–Trinajstić information content (AvgIpc) is 2.44. The highest BCUT2D eigenvalue weighted by Crippen LogP contribution is 2.14. The molecule has 0 radical (unpaired) electrons. The van der Waals surface area contributed by atoms with Crippen molar-refractivity contribution in [3.63, 3.8) is 0 Å². The van der Waals surface area contributed by atoms with Crippen LogP contribution in [-0.4, -0.2) is 16.5 Å². The fraction of sp³-hybridized carbons (Fsp3) is 0.467. The van der Waals surface area contributed by atoms with E-state index in [-0.39, 0.29) is 11.6 Å². The summed E-state index contributed by atoms with van der Waals surface area (Å²) in [5.74, 6) is 0.738. The molecule has 1 aromatic heterocycles. The van der Waals surface area contributed by atoms with Gasteiger partial charge < -0.3 is 10.3 Å². The smallest absolute Gasteiger partial charge is 0.258 e. The number of rotatable bonds is 6. The fourth-order valence-corrected chi connectivity index (χ4v) is 2.16. The summed E-state index contributed by atoms with van der Waals surface area (Å²) in [4.78, 5) is 19.5. The van der Waals surface area contributed by atoms with E-state index in [4.69, 9.17) is 0 Å². The van der Waals surface area contributed by atoms with Crippen LogP contribution in [0.15, 0.2) is 29.1 Å². The zero-order chi connectivity index (χ0) is 13.7. The number of hydrogen-bond donors (Lipinski definition) is 2. The first-order valence-corrected chi connectivity index (χ1v) is 6.98. The Labute approximate surface area is 113 Å². The van der Waals surface area contributed by atoms with Crippen LogP contribution in [0, 0.1) is 0 Å². The Morgan fingerprint density at radius 2 is 2.11 bits per heavy atom. The largest absolute Gasteiger partial charge is 0.309 e. The molecule has 102 valence electrons. The third-order valence-electron chi connectivity index (χ3n) is 3.29. The molecule has 19 heavy (non-hydrogen) atoms. The number of fused-ring (bicyclic) bond motifs is 1. The molecule has 0 saturated carbocycles. The molecule has 0 bridgehead atoms. The van der Waals surface area contributed by atoms with Gasteiger partial charge in [0.15, 0.2) is 0 Å². The number of H-pyrrole nitrogens is 1. The van der Waals surface area contributed by atoms with Gasteiger partial charge in [0.05, 0.1) is 16.9 Å². The van der Waals surface area contributed by atoms with Crippen molar-refractivity contribution >= 4 is 10.9 Å². The van der Waals surface area contributed by atoms with Gasteiger partial charge in [-0.25, -0.2) is 4.98 Å². The van der Waals surface area contributed by atoms with Crippen LogP contribution in [0.5, 0.6) is 0 Å². The molecular weight excluding hydrogens is 238 g/mol. The van der Waals surface area contributed by atoms with E-state index in [1.54, 1.807) is 6.07 Å². The first-order valence-electron chi connectivity index (χ1n) is 6.98. The maximum Gasteiger partial charge on any atom is 0.258 e. The van der Waals surface area contributed by atoms with Crippen molar-refractivity contribution in [3.05, 3.63) is 40.4 Å². The van der Waals surface area contributed by atoms with Crippen LogP contribution < -0.4 is 10.9 Å². The van der Waals surface area contributed by atoms with E-state index in [1.807, 2.05) is 18.2 Å². The molecular formula is C15H21N3O. The van der Waals surface area contributed by atoms with Crippen LogP contribution in [0.3, 0.4) is 0 Å². The second kappa shape index (κ2) is 6.48. The highest BCUT2D eigenvalue weighted by molar-refractivity contribution is 5.77. The summed E-state index contributed by atoms with van der Waals surface area (Å²) >= 11 is 0. The lowest BCUT2D eigenvalue weighted by atomic mass is 10.2. The van der Waals surface area contributed by atoms with Crippen molar-refractivity contribution in [1.82, 2.24) is 15.3 Å². The first kappa shape index (κ1) is 13.7. The van der Waals surface area contributed by atoms with E-state index in [1.165, 1.54) is 0 Å². The number of para-hydroxylation sites is 1. The molecule has 1 aromatic carbocycles. The van der Waals surface area contributed by atoms with Gasteiger partial charge in [0.25, 0.3) is 5.56 Å². The molecule has 0 amide bonds. The zero-order valence-corrected chi connectivity index (χ0v) is 11.6. The number of benzene rings is 1. The van der Waals surface area contributed by atoms with Crippen LogP contribution in [-0.2, 0) is 0 Å². The summed E-state index contributed by atoms with van der Waals surface area (Å²) in [6.45, 7) is 5.21. The molecule has 1 atom stereocenters. The standard InChI is InChI=1S/C15H21N3O/c1-3-5-10-16-12(4-2)14-17-13-9-7-6-8-11(13)15(19)18-14/h6-9,12,16H,3-5,10H2,1-2H3,(H,17,18,19)/t12-/m1/s1. The maximum atomic E-state index is 12.0. The fourth-order valence-electron chi connectivity index (χ4n) is 2.16. The third kappa shape index (κ3) is 3.20. The molecule has 0 aliphatic rings. The van der Waals surface area contributed by atoms with Gasteiger partial charge in [-0.1, -0.05) is 32.4 Å². The normalized spacial score (nSPS) is 12.7. The lowest BCUT2D eigenvalue weighted by Crippen LogP contribution is -2.26. The molecule has 4 nitrogen and oxygen atoms in total. The Balaban J connectivity index is 2.30. The minimum Gasteiger partial charge on any atom is -0.309 e. The number of aromatic nitrogens is 2. The van der Waals surface area contributed by atoms with Crippen molar-refractivity contribution in [3.8, 4) is 0 Å². The lowest BCUT2D eigenvalue weighted by molar-refractivity contribution is 0.486. The molecule has 0 aliphatic carbocycles. The van der Waals surface area contributed by atoms with Gasteiger partial charge in [-0.2, -0.15) is 0 Å². The topological polar surface area (TPSA) is 57.8 Å². The SMILES string of the molecule is CCCCN[C@H](CC)c1nc2ccccc2c(=O)[nH]1. The minimum atomic E-state index is -0.0589. The molecule has 2 aromatic rings. The second-order valence-electron chi connectivity index (χ2n) is 4.74. The van der Waals surface area contributed by atoms with Crippen LogP contribution in [0.25, 0.3) is 10.9 Å². The zero-order valence-electron chi connectivity index (χ0n) is 11.6. The van der Waals surface area contributed by atoms with Gasteiger partial charge in [0.1, 0.15) is 5.82 Å². The van der Waals surface area contributed by atoms with E-state index in [0.29, 0.717) is 5.39 Å². The molecule has 0 spiro atoms. The monoisotopic (exact) mass is 259 g/mol. The molecule has 0 unspecified atom stereocenters. The van der Waals surface area contributed by atoms with Gasteiger partial charge in [-0.05, 0) is 31.5 Å². The summed E-state index contributed by atoms with van der Waals surface area (Å²) in [7, 11) is 0. The number of hydrogen-bond acceptors (Lipinski definition) is 3. The van der Waals surface area contributed by atoms with E-state index in [9.17, 15) is 4.79 Å². The Hall–Kier alpha value is -1.68. The van der Waals surface area contributed by atoms with Gasteiger partial charge in [0.2, 0.25) is 0 Å². The van der Waals surface area contributed by atoms with Crippen LogP contribution in [0.4, 0.5) is 0 Å². The Morgan fingerprint density at radius 1 is 1.32 bits per heavy atom. The molecule has 2 rings (SSSR count). The summed E-state index contributed by atoms with van der Waals surface area (Å²) in [5, 5.41) is 4.09. The highest BCUT2D eigenvalue weighted by Gasteiger charge is 2.12. The maximum absolute atomic E-state index is 12.0.